The third-order valence-electron chi connectivity index (χ3n) is 4.29. The van der Waals surface area contributed by atoms with Crippen molar-refractivity contribution >= 4 is 29.2 Å². The van der Waals surface area contributed by atoms with E-state index in [4.69, 9.17) is 0 Å². The Morgan fingerprint density at radius 1 is 1.15 bits per heavy atom. The van der Waals surface area contributed by atoms with Crippen LogP contribution in [0.5, 0.6) is 0 Å². The molecule has 2 heterocycles. The van der Waals surface area contributed by atoms with E-state index in [1.165, 1.54) is 19.2 Å². The standard InChI is InChI=1S/C19H19N3O4/c1-12-13(6-4-9-16(12)22-11-5-10-17(22)23)21-18(24)14-7-3-8-15(20-14)19(25)26-2/h3-4,6-9H,5,10-11H2,1-2H3,(H,21,24). The van der Waals surface area contributed by atoms with Gasteiger partial charge in [0.05, 0.1) is 7.11 Å². The summed E-state index contributed by atoms with van der Waals surface area (Å²) in [6.07, 6.45) is 1.37. The van der Waals surface area contributed by atoms with E-state index in [9.17, 15) is 14.4 Å². The van der Waals surface area contributed by atoms with Crippen LogP contribution in [0.25, 0.3) is 0 Å². The average molecular weight is 353 g/mol. The van der Waals surface area contributed by atoms with Crippen LogP contribution >= 0.6 is 0 Å². The van der Waals surface area contributed by atoms with Crippen LogP contribution in [0.2, 0.25) is 0 Å². The van der Waals surface area contributed by atoms with Crippen LogP contribution in [0, 0.1) is 6.92 Å². The zero-order valence-corrected chi connectivity index (χ0v) is 14.6. The Bertz CT molecular complexity index is 879. The number of hydrogen-bond donors (Lipinski definition) is 1. The lowest BCUT2D eigenvalue weighted by Gasteiger charge is -2.20. The van der Waals surface area contributed by atoms with Gasteiger partial charge in [0.25, 0.3) is 5.91 Å². The highest BCUT2D eigenvalue weighted by molar-refractivity contribution is 6.05. The molecule has 26 heavy (non-hydrogen) atoms. The molecule has 2 amide bonds. The first-order chi connectivity index (χ1) is 12.5. The number of nitrogens with one attached hydrogen (secondary N) is 1. The molecule has 0 radical (unpaired) electrons. The normalized spacial score (nSPS) is 13.6. The predicted octanol–water partition coefficient (Wildman–Crippen LogP) is 2.56. The second-order valence-electron chi connectivity index (χ2n) is 5.95. The molecule has 0 saturated carbocycles. The van der Waals surface area contributed by atoms with Crippen LogP contribution in [-0.4, -0.2) is 36.4 Å². The number of benzene rings is 1. The Labute approximate surface area is 151 Å². The minimum absolute atomic E-state index is 0.0632. The van der Waals surface area contributed by atoms with Gasteiger partial charge in [0.1, 0.15) is 11.4 Å². The molecule has 1 N–H and O–H groups in total. The van der Waals surface area contributed by atoms with Crippen molar-refractivity contribution in [2.45, 2.75) is 19.8 Å². The number of pyridine rings is 1. The van der Waals surface area contributed by atoms with Gasteiger partial charge < -0.3 is 15.0 Å². The molecule has 134 valence electrons. The molecule has 1 aromatic carbocycles. The van der Waals surface area contributed by atoms with E-state index in [0.717, 1.165) is 17.7 Å². The number of hydrogen-bond acceptors (Lipinski definition) is 5. The highest BCUT2D eigenvalue weighted by atomic mass is 16.5. The Morgan fingerprint density at radius 3 is 2.58 bits per heavy atom. The van der Waals surface area contributed by atoms with Crippen molar-refractivity contribution in [1.29, 1.82) is 0 Å². The van der Waals surface area contributed by atoms with Crippen molar-refractivity contribution < 1.29 is 19.1 Å². The highest BCUT2D eigenvalue weighted by Crippen LogP contribution is 2.30. The molecule has 0 unspecified atom stereocenters. The second kappa shape index (κ2) is 7.35. The molecule has 7 heteroatoms. The van der Waals surface area contributed by atoms with Crippen LogP contribution in [0.4, 0.5) is 11.4 Å². The fraction of sp³-hybridized carbons (Fsp3) is 0.263. The molecule has 7 nitrogen and oxygen atoms in total. The van der Waals surface area contributed by atoms with Crippen molar-refractivity contribution in [2.75, 3.05) is 23.9 Å². The smallest absolute Gasteiger partial charge is 0.356 e. The monoisotopic (exact) mass is 353 g/mol. The first-order valence-electron chi connectivity index (χ1n) is 8.28. The average Bonchev–Trinajstić information content (AvgIpc) is 3.08. The zero-order chi connectivity index (χ0) is 18.7. The number of nitrogens with zero attached hydrogens (tertiary/aromatic N) is 2. The van der Waals surface area contributed by atoms with Gasteiger partial charge in [0, 0.05) is 24.3 Å². The number of ether oxygens (including phenoxy) is 1. The third kappa shape index (κ3) is 3.42. The fourth-order valence-electron chi connectivity index (χ4n) is 2.92. The molecule has 1 saturated heterocycles. The number of carbonyl (C=O) groups is 3. The Kier molecular flexibility index (Phi) is 4.97. The van der Waals surface area contributed by atoms with Crippen molar-refractivity contribution in [3.05, 3.63) is 53.3 Å². The maximum Gasteiger partial charge on any atom is 0.356 e. The SMILES string of the molecule is COC(=O)c1cccc(C(=O)Nc2cccc(N3CCCC3=O)c2C)n1. The Morgan fingerprint density at radius 2 is 1.88 bits per heavy atom. The van der Waals surface area contributed by atoms with E-state index >= 15 is 0 Å². The molecule has 3 rings (SSSR count). The number of carbonyl (C=O) groups excluding carboxylic acids is 3. The van der Waals surface area contributed by atoms with Gasteiger partial charge in [0.2, 0.25) is 5.91 Å². The number of aromatic nitrogens is 1. The highest BCUT2D eigenvalue weighted by Gasteiger charge is 2.24. The van der Waals surface area contributed by atoms with Gasteiger partial charge in [-0.15, -0.1) is 0 Å². The maximum absolute atomic E-state index is 12.5. The van der Waals surface area contributed by atoms with Crippen LogP contribution in [0.1, 0.15) is 39.4 Å². The number of methoxy groups -OCH3 is 1. The van der Waals surface area contributed by atoms with Gasteiger partial charge in [-0.2, -0.15) is 0 Å². The van der Waals surface area contributed by atoms with E-state index < -0.39 is 11.9 Å². The second-order valence-corrected chi connectivity index (χ2v) is 5.95. The fourth-order valence-corrected chi connectivity index (χ4v) is 2.92. The van der Waals surface area contributed by atoms with E-state index in [-0.39, 0.29) is 17.3 Å². The summed E-state index contributed by atoms with van der Waals surface area (Å²) < 4.78 is 4.62. The van der Waals surface area contributed by atoms with Crippen LogP contribution in [0.3, 0.4) is 0 Å². The molecular weight excluding hydrogens is 334 g/mol. The molecule has 0 spiro atoms. The summed E-state index contributed by atoms with van der Waals surface area (Å²) in [6, 6.07) is 9.99. The molecular formula is C19H19N3O4. The molecule has 0 aliphatic carbocycles. The summed E-state index contributed by atoms with van der Waals surface area (Å²) in [4.78, 5) is 41.9. The summed E-state index contributed by atoms with van der Waals surface area (Å²) in [5, 5.41) is 2.80. The largest absolute Gasteiger partial charge is 0.464 e. The number of esters is 1. The lowest BCUT2D eigenvalue weighted by Crippen LogP contribution is -2.25. The summed E-state index contributed by atoms with van der Waals surface area (Å²) >= 11 is 0. The van der Waals surface area contributed by atoms with Crippen molar-refractivity contribution in [2.24, 2.45) is 0 Å². The maximum atomic E-state index is 12.5. The number of rotatable bonds is 4. The topological polar surface area (TPSA) is 88.6 Å². The van der Waals surface area contributed by atoms with Gasteiger partial charge >= 0.3 is 5.97 Å². The molecule has 2 aromatic rings. The molecule has 0 bridgehead atoms. The quantitative estimate of drug-likeness (QED) is 0.854. The third-order valence-corrected chi connectivity index (χ3v) is 4.29. The minimum Gasteiger partial charge on any atom is -0.464 e. The summed E-state index contributed by atoms with van der Waals surface area (Å²) in [5.41, 5.74) is 2.36. The lowest BCUT2D eigenvalue weighted by molar-refractivity contribution is -0.117. The van der Waals surface area contributed by atoms with Gasteiger partial charge in [-0.1, -0.05) is 12.1 Å². The van der Waals surface area contributed by atoms with Crippen LogP contribution < -0.4 is 10.2 Å². The predicted molar refractivity (Wildman–Crippen MR) is 96.3 cm³/mol. The van der Waals surface area contributed by atoms with Gasteiger partial charge in [-0.3, -0.25) is 9.59 Å². The lowest BCUT2D eigenvalue weighted by atomic mass is 10.1. The molecule has 1 aliphatic rings. The Hall–Kier alpha value is -3.22. The first-order valence-corrected chi connectivity index (χ1v) is 8.28. The van der Waals surface area contributed by atoms with Gasteiger partial charge in [-0.05, 0) is 43.2 Å². The molecule has 1 aliphatic heterocycles. The molecule has 1 aromatic heterocycles. The zero-order valence-electron chi connectivity index (χ0n) is 14.6. The van der Waals surface area contributed by atoms with Crippen LogP contribution in [0.15, 0.2) is 36.4 Å². The van der Waals surface area contributed by atoms with Crippen molar-refractivity contribution in [3.63, 3.8) is 0 Å². The van der Waals surface area contributed by atoms with E-state index in [1.54, 1.807) is 23.1 Å². The number of anilines is 2. The minimum atomic E-state index is -0.606. The summed E-state index contributed by atoms with van der Waals surface area (Å²) in [6.45, 7) is 2.54. The van der Waals surface area contributed by atoms with Gasteiger partial charge in [0.15, 0.2) is 0 Å². The van der Waals surface area contributed by atoms with Crippen molar-refractivity contribution in [1.82, 2.24) is 4.98 Å². The summed E-state index contributed by atoms with van der Waals surface area (Å²) in [5.74, 6) is -0.960. The van der Waals surface area contributed by atoms with E-state index in [0.29, 0.717) is 18.7 Å². The molecule has 0 atom stereocenters. The molecule has 1 fully saturated rings. The summed E-state index contributed by atoms with van der Waals surface area (Å²) in [7, 11) is 1.26. The number of amides is 2. The Balaban J connectivity index is 1.84. The van der Waals surface area contributed by atoms with Gasteiger partial charge in [-0.25, -0.2) is 9.78 Å². The van der Waals surface area contributed by atoms with E-state index in [2.05, 4.69) is 15.0 Å². The van der Waals surface area contributed by atoms with Crippen molar-refractivity contribution in [3.8, 4) is 0 Å². The first kappa shape index (κ1) is 17.6. The van der Waals surface area contributed by atoms with E-state index in [1.807, 2.05) is 13.0 Å². The van der Waals surface area contributed by atoms with Crippen LogP contribution in [-0.2, 0) is 9.53 Å².